The Morgan fingerprint density at radius 3 is 1.64 bits per heavy atom. The predicted molar refractivity (Wildman–Crippen MR) is 148 cm³/mol. The first-order valence-corrected chi connectivity index (χ1v) is 16.6. The zero-order valence-corrected chi connectivity index (χ0v) is 26.6. The van der Waals surface area contributed by atoms with E-state index in [4.69, 9.17) is 0 Å². The van der Waals surface area contributed by atoms with E-state index in [9.17, 15) is 13.0 Å². The van der Waals surface area contributed by atoms with Crippen LogP contribution in [0.4, 0.5) is 0 Å². The summed E-state index contributed by atoms with van der Waals surface area (Å²) < 4.78 is 36.2. The molecule has 0 amide bonds. The minimum Gasteiger partial charge on any atom is -0.744 e. The Balaban J connectivity index is 0.00000361. The van der Waals surface area contributed by atoms with Crippen LogP contribution in [0.5, 0.6) is 0 Å². The van der Waals surface area contributed by atoms with Gasteiger partial charge in [0.2, 0.25) is 0 Å². The third kappa shape index (κ3) is 6.85. The molecular formula is C30H42NaO3PS. The average Bonchev–Trinajstić information content (AvgIpc) is 2.84. The van der Waals surface area contributed by atoms with E-state index >= 15 is 0 Å². The number of benzene rings is 2. The summed E-state index contributed by atoms with van der Waals surface area (Å²) in [7, 11) is -4.83. The molecule has 2 aliphatic carbocycles. The molecule has 2 aliphatic rings. The molecule has 0 aromatic heterocycles. The first-order chi connectivity index (χ1) is 16.7. The SMILES string of the molecule is CC(C)c1cc(S(=O)(=O)[O-])cc(C(C)C)c1-c1ccccc1P(C1CCCCC1)C1CCCCC1.[Na+]. The van der Waals surface area contributed by atoms with Gasteiger partial charge in [-0.15, -0.1) is 0 Å². The molecule has 36 heavy (non-hydrogen) atoms. The molecule has 2 fully saturated rings. The Bertz CT molecular complexity index is 1070. The second kappa shape index (κ2) is 13.2. The maximum Gasteiger partial charge on any atom is 1.00 e. The molecule has 0 bridgehead atoms. The van der Waals surface area contributed by atoms with Crippen molar-refractivity contribution < 1.29 is 42.5 Å². The fourth-order valence-electron chi connectivity index (χ4n) is 6.35. The van der Waals surface area contributed by atoms with Crippen LogP contribution in [0.1, 0.15) is 115 Å². The van der Waals surface area contributed by atoms with Crippen LogP contribution in [0.25, 0.3) is 11.1 Å². The standard InChI is InChI=1S/C30H43O3PS.Na/c1-21(2)27-19-25(35(31,32)33)20-28(22(3)4)30(27)26-17-11-12-18-29(26)34(23-13-7-5-8-14-23)24-15-9-6-10-16-24;/h11-12,17-24H,5-10,13-16H2,1-4H3,(H,31,32,33);/q;+1/p-1. The van der Waals surface area contributed by atoms with Gasteiger partial charge in [0.25, 0.3) is 0 Å². The molecule has 3 nitrogen and oxygen atoms in total. The van der Waals surface area contributed by atoms with Crippen LogP contribution < -0.4 is 34.9 Å². The molecule has 2 aromatic carbocycles. The normalized spacial score (nSPS) is 18.1. The summed E-state index contributed by atoms with van der Waals surface area (Å²) in [5, 5.41) is 1.52. The van der Waals surface area contributed by atoms with E-state index in [1.165, 1.54) is 80.6 Å². The van der Waals surface area contributed by atoms with Crippen molar-refractivity contribution in [2.45, 2.75) is 120 Å². The van der Waals surface area contributed by atoms with E-state index in [1.54, 1.807) is 12.1 Å². The van der Waals surface area contributed by atoms with Gasteiger partial charge < -0.3 is 4.55 Å². The van der Waals surface area contributed by atoms with E-state index in [1.807, 2.05) is 0 Å². The van der Waals surface area contributed by atoms with Crippen molar-refractivity contribution in [3.63, 3.8) is 0 Å². The van der Waals surface area contributed by atoms with Crippen LogP contribution in [0.3, 0.4) is 0 Å². The second-order valence-electron chi connectivity index (χ2n) is 11.2. The summed E-state index contributed by atoms with van der Waals surface area (Å²) in [5.74, 6) is 0.237. The molecule has 0 spiro atoms. The Labute approximate surface area is 243 Å². The minimum atomic E-state index is -4.52. The number of hydrogen-bond acceptors (Lipinski definition) is 3. The van der Waals surface area contributed by atoms with Crippen molar-refractivity contribution >= 4 is 23.3 Å². The zero-order chi connectivity index (χ0) is 25.2. The zero-order valence-electron chi connectivity index (χ0n) is 22.9. The second-order valence-corrected chi connectivity index (χ2v) is 15.4. The monoisotopic (exact) mass is 536 g/mol. The maximum atomic E-state index is 12.1. The number of rotatable bonds is 7. The molecule has 0 saturated heterocycles. The largest absolute Gasteiger partial charge is 1.00 e. The molecule has 192 valence electrons. The summed E-state index contributed by atoms with van der Waals surface area (Å²) in [6, 6.07) is 12.3. The van der Waals surface area contributed by atoms with Gasteiger partial charge in [-0.1, -0.05) is 98.4 Å². The Morgan fingerprint density at radius 1 is 0.778 bits per heavy atom. The quantitative estimate of drug-likeness (QED) is 0.275. The summed E-state index contributed by atoms with van der Waals surface area (Å²) in [6.07, 6.45) is 13.5. The molecule has 6 heteroatoms. The molecule has 0 heterocycles. The van der Waals surface area contributed by atoms with Crippen molar-refractivity contribution in [2.24, 2.45) is 0 Å². The summed E-state index contributed by atoms with van der Waals surface area (Å²) in [5.41, 5.74) is 6.01. The third-order valence-electron chi connectivity index (χ3n) is 8.09. The van der Waals surface area contributed by atoms with Crippen molar-refractivity contribution in [3.8, 4) is 11.1 Å². The molecule has 4 rings (SSSR count). The van der Waals surface area contributed by atoms with Crippen LogP contribution in [0.2, 0.25) is 0 Å². The molecule has 0 atom stereocenters. The van der Waals surface area contributed by atoms with Crippen LogP contribution >= 0.6 is 7.92 Å². The molecule has 0 N–H and O–H groups in total. The number of hydrogen-bond donors (Lipinski definition) is 0. The Hall–Kier alpha value is -0.220. The summed E-state index contributed by atoms with van der Waals surface area (Å²) in [4.78, 5) is -0.0899. The average molecular weight is 537 g/mol. The first-order valence-electron chi connectivity index (χ1n) is 13.7. The van der Waals surface area contributed by atoms with Crippen LogP contribution in [-0.2, 0) is 10.1 Å². The summed E-state index contributed by atoms with van der Waals surface area (Å²) in [6.45, 7) is 8.44. The van der Waals surface area contributed by atoms with Gasteiger partial charge in [-0.2, -0.15) is 0 Å². The molecular weight excluding hydrogens is 494 g/mol. The first kappa shape index (κ1) is 30.3. The predicted octanol–water partition coefficient (Wildman–Crippen LogP) is 5.28. The van der Waals surface area contributed by atoms with E-state index in [0.717, 1.165) is 22.4 Å². The van der Waals surface area contributed by atoms with Crippen LogP contribution in [0, 0.1) is 0 Å². The van der Waals surface area contributed by atoms with Crippen molar-refractivity contribution in [3.05, 3.63) is 47.5 Å². The molecule has 0 unspecified atom stereocenters. The van der Waals surface area contributed by atoms with Gasteiger partial charge in [0, 0.05) is 0 Å². The van der Waals surface area contributed by atoms with Gasteiger partial charge in [-0.25, -0.2) is 8.42 Å². The Morgan fingerprint density at radius 2 is 1.22 bits per heavy atom. The fourth-order valence-corrected chi connectivity index (χ4v) is 10.8. The molecule has 2 saturated carbocycles. The van der Waals surface area contributed by atoms with E-state index in [-0.39, 0.29) is 54.2 Å². The van der Waals surface area contributed by atoms with Gasteiger partial charge in [0.1, 0.15) is 10.1 Å². The van der Waals surface area contributed by atoms with Gasteiger partial charge in [0.15, 0.2) is 0 Å². The van der Waals surface area contributed by atoms with Gasteiger partial charge in [-0.05, 0) is 88.5 Å². The van der Waals surface area contributed by atoms with Crippen LogP contribution in [0.15, 0.2) is 41.3 Å². The van der Waals surface area contributed by atoms with Gasteiger partial charge in [0.05, 0.1) is 4.90 Å². The molecule has 0 radical (unpaired) electrons. The molecule has 2 aromatic rings. The van der Waals surface area contributed by atoms with Gasteiger partial charge >= 0.3 is 29.6 Å². The fraction of sp³-hybridized carbons (Fsp3) is 0.600. The molecule has 0 aliphatic heterocycles. The van der Waals surface area contributed by atoms with Crippen molar-refractivity contribution in [1.29, 1.82) is 0 Å². The van der Waals surface area contributed by atoms with Crippen LogP contribution in [-0.4, -0.2) is 24.3 Å². The smallest absolute Gasteiger partial charge is 0.744 e. The third-order valence-corrected chi connectivity index (χ3v) is 12.5. The maximum absolute atomic E-state index is 12.1. The minimum absolute atomic E-state index is 0. The van der Waals surface area contributed by atoms with E-state index in [2.05, 4.69) is 52.0 Å². The van der Waals surface area contributed by atoms with E-state index < -0.39 is 10.1 Å². The van der Waals surface area contributed by atoms with Crippen molar-refractivity contribution in [2.75, 3.05) is 0 Å². The topological polar surface area (TPSA) is 57.2 Å². The van der Waals surface area contributed by atoms with Gasteiger partial charge in [-0.3, -0.25) is 0 Å². The van der Waals surface area contributed by atoms with Crippen molar-refractivity contribution in [1.82, 2.24) is 0 Å². The Kier molecular flexibility index (Phi) is 11.1. The van der Waals surface area contributed by atoms with E-state index in [0.29, 0.717) is 0 Å². The summed E-state index contributed by atoms with van der Waals surface area (Å²) >= 11 is 0.